The van der Waals surface area contributed by atoms with Crippen LogP contribution in [0.25, 0.3) is 22.2 Å². The number of hydrogen-bond acceptors (Lipinski definition) is 4. The van der Waals surface area contributed by atoms with Crippen molar-refractivity contribution in [3.63, 3.8) is 0 Å². The smallest absolute Gasteiger partial charge is 0.118 e. The Morgan fingerprint density at radius 1 is 1.07 bits per heavy atom. The fraction of sp³-hybridized carbons (Fsp3) is 0.375. The molecule has 4 heteroatoms. The van der Waals surface area contributed by atoms with Crippen molar-refractivity contribution in [2.24, 2.45) is 0 Å². The average molecular weight is 377 g/mol. The van der Waals surface area contributed by atoms with Crippen LogP contribution in [0.4, 0.5) is 0 Å². The van der Waals surface area contributed by atoms with Gasteiger partial charge in [0.1, 0.15) is 5.75 Å². The summed E-state index contributed by atoms with van der Waals surface area (Å²) < 4.78 is 10.9. The number of likely N-dealkylation sites (tertiary alicyclic amines) is 1. The monoisotopic (exact) mass is 376 g/mol. The summed E-state index contributed by atoms with van der Waals surface area (Å²) in [5, 5.41) is 1.19. The number of ether oxygens (including phenoxy) is 2. The van der Waals surface area contributed by atoms with Crippen molar-refractivity contribution in [1.29, 1.82) is 0 Å². The third kappa shape index (κ3) is 4.03. The predicted molar refractivity (Wildman–Crippen MR) is 114 cm³/mol. The molecular formula is C24H28N2O2. The molecule has 146 valence electrons. The second-order valence-corrected chi connectivity index (χ2v) is 7.66. The van der Waals surface area contributed by atoms with E-state index in [4.69, 9.17) is 14.5 Å². The lowest BCUT2D eigenvalue weighted by Crippen LogP contribution is -2.38. The number of methoxy groups -OCH3 is 2. The molecule has 1 atom stereocenters. The number of fused-ring (bicyclic) bond motifs is 1. The lowest BCUT2D eigenvalue weighted by atomic mass is 10.0. The summed E-state index contributed by atoms with van der Waals surface area (Å²) in [6, 6.07) is 17.0. The summed E-state index contributed by atoms with van der Waals surface area (Å²) in [4.78, 5) is 7.56. The summed E-state index contributed by atoms with van der Waals surface area (Å²) >= 11 is 0. The van der Waals surface area contributed by atoms with Crippen LogP contribution in [0.1, 0.15) is 24.0 Å². The first-order valence-corrected chi connectivity index (χ1v) is 9.96. The van der Waals surface area contributed by atoms with Gasteiger partial charge in [0, 0.05) is 31.1 Å². The molecule has 2 aromatic carbocycles. The molecule has 4 rings (SSSR count). The zero-order chi connectivity index (χ0) is 19.5. The summed E-state index contributed by atoms with van der Waals surface area (Å²) in [5.41, 5.74) is 5.72. The number of piperidine rings is 1. The number of pyridine rings is 1. The molecular weight excluding hydrogens is 348 g/mol. The van der Waals surface area contributed by atoms with Crippen molar-refractivity contribution in [3.05, 3.63) is 59.7 Å². The van der Waals surface area contributed by atoms with Gasteiger partial charge in [-0.2, -0.15) is 0 Å². The van der Waals surface area contributed by atoms with E-state index in [1.807, 2.05) is 19.2 Å². The van der Waals surface area contributed by atoms with Gasteiger partial charge in [0.2, 0.25) is 0 Å². The highest BCUT2D eigenvalue weighted by atomic mass is 16.5. The SMILES string of the molecule is COc1ccc(-c2nc3cc(C)ccc3cc2CN2CCC[C@H](OC)C2)cc1. The number of nitrogens with zero attached hydrogens (tertiary/aromatic N) is 2. The van der Waals surface area contributed by atoms with E-state index in [9.17, 15) is 0 Å². The summed E-state index contributed by atoms with van der Waals surface area (Å²) in [6.45, 7) is 5.08. The predicted octanol–water partition coefficient (Wildman–Crippen LogP) is 4.83. The van der Waals surface area contributed by atoms with Gasteiger partial charge in [0.25, 0.3) is 0 Å². The van der Waals surface area contributed by atoms with E-state index in [0.29, 0.717) is 6.10 Å². The Balaban J connectivity index is 1.74. The molecule has 1 aromatic heterocycles. The van der Waals surface area contributed by atoms with E-state index in [2.05, 4.69) is 48.2 Å². The largest absolute Gasteiger partial charge is 0.497 e. The Kier molecular flexibility index (Phi) is 5.60. The third-order valence-corrected chi connectivity index (χ3v) is 5.61. The molecule has 0 N–H and O–H groups in total. The second kappa shape index (κ2) is 8.29. The van der Waals surface area contributed by atoms with Gasteiger partial charge < -0.3 is 9.47 Å². The highest BCUT2D eigenvalue weighted by Gasteiger charge is 2.21. The number of hydrogen-bond donors (Lipinski definition) is 0. The zero-order valence-corrected chi connectivity index (χ0v) is 16.9. The van der Waals surface area contributed by atoms with Crippen molar-refractivity contribution in [2.75, 3.05) is 27.3 Å². The number of rotatable bonds is 5. The van der Waals surface area contributed by atoms with E-state index in [0.717, 1.165) is 48.6 Å². The lowest BCUT2D eigenvalue weighted by molar-refractivity contribution is 0.0286. The van der Waals surface area contributed by atoms with Crippen LogP contribution >= 0.6 is 0 Å². The van der Waals surface area contributed by atoms with Gasteiger partial charge in [-0.25, -0.2) is 4.98 Å². The molecule has 1 fully saturated rings. The normalized spacial score (nSPS) is 17.8. The Morgan fingerprint density at radius 3 is 2.64 bits per heavy atom. The number of aryl methyl sites for hydroxylation is 1. The van der Waals surface area contributed by atoms with Crippen LogP contribution in [0.2, 0.25) is 0 Å². The fourth-order valence-corrected chi connectivity index (χ4v) is 4.03. The fourth-order valence-electron chi connectivity index (χ4n) is 4.03. The lowest BCUT2D eigenvalue weighted by Gasteiger charge is -2.32. The van der Waals surface area contributed by atoms with E-state index in [-0.39, 0.29) is 0 Å². The molecule has 0 bridgehead atoms. The van der Waals surface area contributed by atoms with Crippen LogP contribution in [0, 0.1) is 6.92 Å². The topological polar surface area (TPSA) is 34.6 Å². The Bertz CT molecular complexity index is 953. The molecule has 0 amide bonds. The van der Waals surface area contributed by atoms with Crippen LogP contribution < -0.4 is 4.74 Å². The van der Waals surface area contributed by atoms with Crippen LogP contribution in [0.3, 0.4) is 0 Å². The maximum atomic E-state index is 5.61. The first-order chi connectivity index (χ1) is 13.7. The Labute approximate surface area is 167 Å². The highest BCUT2D eigenvalue weighted by Crippen LogP contribution is 2.29. The van der Waals surface area contributed by atoms with Crippen molar-refractivity contribution in [1.82, 2.24) is 9.88 Å². The van der Waals surface area contributed by atoms with Gasteiger partial charge in [-0.05, 0) is 73.8 Å². The van der Waals surface area contributed by atoms with Crippen molar-refractivity contribution in [3.8, 4) is 17.0 Å². The molecule has 0 saturated carbocycles. The van der Waals surface area contributed by atoms with Gasteiger partial charge in [0.15, 0.2) is 0 Å². The molecule has 0 radical (unpaired) electrons. The van der Waals surface area contributed by atoms with Crippen LogP contribution in [-0.2, 0) is 11.3 Å². The minimum Gasteiger partial charge on any atom is -0.497 e. The molecule has 28 heavy (non-hydrogen) atoms. The molecule has 0 spiro atoms. The molecule has 3 aromatic rings. The summed E-state index contributed by atoms with van der Waals surface area (Å²) in [6.07, 6.45) is 2.65. The van der Waals surface area contributed by atoms with Gasteiger partial charge >= 0.3 is 0 Å². The molecule has 1 aliphatic rings. The third-order valence-electron chi connectivity index (χ3n) is 5.61. The van der Waals surface area contributed by atoms with Crippen molar-refractivity contribution in [2.45, 2.75) is 32.4 Å². The van der Waals surface area contributed by atoms with Gasteiger partial charge in [-0.15, -0.1) is 0 Å². The first kappa shape index (κ1) is 18.9. The maximum absolute atomic E-state index is 5.61. The summed E-state index contributed by atoms with van der Waals surface area (Å²) in [5.74, 6) is 0.862. The van der Waals surface area contributed by atoms with E-state index >= 15 is 0 Å². The van der Waals surface area contributed by atoms with E-state index in [1.54, 1.807) is 7.11 Å². The van der Waals surface area contributed by atoms with Crippen LogP contribution in [-0.4, -0.2) is 43.3 Å². The quantitative estimate of drug-likeness (QED) is 0.639. The molecule has 4 nitrogen and oxygen atoms in total. The average Bonchev–Trinajstić information content (AvgIpc) is 2.73. The van der Waals surface area contributed by atoms with Crippen molar-refractivity contribution >= 4 is 10.9 Å². The van der Waals surface area contributed by atoms with E-state index in [1.165, 1.54) is 22.9 Å². The zero-order valence-electron chi connectivity index (χ0n) is 16.9. The Morgan fingerprint density at radius 2 is 1.89 bits per heavy atom. The molecule has 0 aliphatic carbocycles. The minimum absolute atomic E-state index is 0.328. The van der Waals surface area contributed by atoms with E-state index < -0.39 is 0 Å². The van der Waals surface area contributed by atoms with Gasteiger partial charge in [-0.3, -0.25) is 4.90 Å². The highest BCUT2D eigenvalue weighted by molar-refractivity contribution is 5.84. The van der Waals surface area contributed by atoms with Gasteiger partial charge in [0.05, 0.1) is 24.4 Å². The maximum Gasteiger partial charge on any atom is 0.118 e. The summed E-state index contributed by atoms with van der Waals surface area (Å²) in [7, 11) is 3.51. The van der Waals surface area contributed by atoms with Gasteiger partial charge in [-0.1, -0.05) is 12.1 Å². The first-order valence-electron chi connectivity index (χ1n) is 9.96. The standard InChI is InChI=1S/C24H28N2O2/c1-17-6-7-19-14-20(15-26-12-4-5-22(16-26)28-3)24(25-23(19)13-17)18-8-10-21(27-2)11-9-18/h6-11,13-14,22H,4-5,12,15-16H2,1-3H3/t22-/m0/s1. The Hall–Kier alpha value is -2.43. The molecule has 1 aliphatic heterocycles. The second-order valence-electron chi connectivity index (χ2n) is 7.66. The molecule has 0 unspecified atom stereocenters. The van der Waals surface area contributed by atoms with Crippen LogP contribution in [0.15, 0.2) is 48.5 Å². The number of aromatic nitrogens is 1. The van der Waals surface area contributed by atoms with Crippen molar-refractivity contribution < 1.29 is 9.47 Å². The molecule has 1 saturated heterocycles. The minimum atomic E-state index is 0.328. The van der Waals surface area contributed by atoms with Crippen LogP contribution in [0.5, 0.6) is 5.75 Å². The number of benzene rings is 2. The molecule has 2 heterocycles.